The van der Waals surface area contributed by atoms with E-state index in [2.05, 4.69) is 10.6 Å². The van der Waals surface area contributed by atoms with E-state index in [0.717, 1.165) is 12.1 Å². The Morgan fingerprint density at radius 1 is 1.38 bits per heavy atom. The molecule has 1 aromatic carbocycles. The molecule has 6 heteroatoms. The molecule has 1 aromatic rings. The Bertz CT molecular complexity index is 455. The summed E-state index contributed by atoms with van der Waals surface area (Å²) in [4.78, 5) is 11.9. The smallest absolute Gasteiger partial charge is 0.260 e. The lowest BCUT2D eigenvalue weighted by atomic mass is 10.2. The molecule has 0 bridgehead atoms. The van der Waals surface area contributed by atoms with Gasteiger partial charge in [0, 0.05) is 17.6 Å². The van der Waals surface area contributed by atoms with Gasteiger partial charge >= 0.3 is 0 Å². The molecule has 21 heavy (non-hydrogen) atoms. The second-order valence-corrected chi connectivity index (χ2v) is 5.28. The second-order valence-electron chi connectivity index (χ2n) is 4.87. The molecule has 4 nitrogen and oxygen atoms in total. The van der Waals surface area contributed by atoms with Crippen LogP contribution in [0.2, 0.25) is 5.02 Å². The molecule has 0 spiro atoms. The third-order valence-electron chi connectivity index (χ3n) is 2.95. The van der Waals surface area contributed by atoms with Crippen LogP contribution in [-0.2, 0) is 4.79 Å². The van der Waals surface area contributed by atoms with Crippen molar-refractivity contribution in [3.8, 4) is 5.75 Å². The Morgan fingerprint density at radius 2 is 2.05 bits per heavy atom. The fourth-order valence-electron chi connectivity index (χ4n) is 1.77. The lowest BCUT2D eigenvalue weighted by Gasteiger charge is -2.17. The van der Waals surface area contributed by atoms with Crippen molar-refractivity contribution in [1.29, 1.82) is 0 Å². The Morgan fingerprint density at radius 3 is 2.62 bits per heavy atom. The van der Waals surface area contributed by atoms with E-state index in [4.69, 9.17) is 16.3 Å². The molecule has 0 radical (unpaired) electrons. The normalized spacial score (nSPS) is 13.0. The predicted octanol–water partition coefficient (Wildman–Crippen LogP) is 2.95. The number of benzene rings is 1. The number of carbonyl (C=O) groups excluding carboxylic acids is 1. The van der Waals surface area contributed by atoms with Crippen LogP contribution in [-0.4, -0.2) is 31.1 Å². The predicted molar refractivity (Wildman–Crippen MR) is 89.7 cm³/mol. The number of ether oxygens (including phenoxy) is 1. The highest BCUT2D eigenvalue weighted by Crippen LogP contribution is 2.21. The van der Waals surface area contributed by atoms with Gasteiger partial charge in [0.2, 0.25) is 0 Å². The van der Waals surface area contributed by atoms with E-state index in [1.165, 1.54) is 0 Å². The van der Waals surface area contributed by atoms with Gasteiger partial charge in [-0.15, -0.1) is 12.4 Å². The van der Waals surface area contributed by atoms with Gasteiger partial charge in [-0.25, -0.2) is 0 Å². The first kappa shape index (κ1) is 20.0. The number of rotatable bonds is 7. The fourth-order valence-corrected chi connectivity index (χ4v) is 1.88. The molecule has 2 N–H and O–H groups in total. The summed E-state index contributed by atoms with van der Waals surface area (Å²) in [6.07, 6.45) is -0.538. The maximum absolute atomic E-state index is 11.9. The van der Waals surface area contributed by atoms with Gasteiger partial charge in [-0.2, -0.15) is 0 Å². The monoisotopic (exact) mass is 334 g/mol. The van der Waals surface area contributed by atoms with Crippen LogP contribution >= 0.6 is 24.0 Å². The number of aryl methyl sites for hydroxylation is 1. The summed E-state index contributed by atoms with van der Waals surface area (Å²) in [5.41, 5.74) is 0.928. The summed E-state index contributed by atoms with van der Waals surface area (Å²) in [5.74, 6) is 0.525. The van der Waals surface area contributed by atoms with Gasteiger partial charge in [-0.1, -0.05) is 18.5 Å². The first-order chi connectivity index (χ1) is 9.43. The van der Waals surface area contributed by atoms with E-state index in [0.29, 0.717) is 17.3 Å². The first-order valence-electron chi connectivity index (χ1n) is 6.88. The molecule has 1 unspecified atom stereocenters. The quantitative estimate of drug-likeness (QED) is 0.805. The van der Waals surface area contributed by atoms with E-state index >= 15 is 0 Å². The van der Waals surface area contributed by atoms with Crippen molar-refractivity contribution in [2.24, 2.45) is 0 Å². The SMILES string of the molecule is CCN[C@H](C)CNC(=O)C(C)Oc1ccc(Cl)c(C)c1.Cl. The summed E-state index contributed by atoms with van der Waals surface area (Å²) >= 11 is 5.95. The molecule has 0 aliphatic carbocycles. The van der Waals surface area contributed by atoms with Crippen molar-refractivity contribution in [1.82, 2.24) is 10.6 Å². The molecule has 1 rings (SSSR count). The number of likely N-dealkylation sites (N-methyl/N-ethyl adjacent to an activating group) is 1. The second kappa shape index (κ2) is 9.87. The average molecular weight is 335 g/mol. The van der Waals surface area contributed by atoms with E-state index < -0.39 is 6.10 Å². The Kier molecular flexibility index (Phi) is 9.42. The zero-order valence-corrected chi connectivity index (χ0v) is 14.5. The van der Waals surface area contributed by atoms with E-state index in [1.807, 2.05) is 26.8 Å². The van der Waals surface area contributed by atoms with Crippen molar-refractivity contribution in [2.75, 3.05) is 13.1 Å². The van der Waals surface area contributed by atoms with Crippen molar-refractivity contribution < 1.29 is 9.53 Å². The molecular weight excluding hydrogens is 311 g/mol. The van der Waals surface area contributed by atoms with Crippen molar-refractivity contribution in [3.63, 3.8) is 0 Å². The van der Waals surface area contributed by atoms with Crippen LogP contribution in [0.25, 0.3) is 0 Å². The molecule has 0 aromatic heterocycles. The topological polar surface area (TPSA) is 50.4 Å². The molecule has 1 amide bonds. The summed E-state index contributed by atoms with van der Waals surface area (Å²) < 4.78 is 5.61. The minimum atomic E-state index is -0.538. The van der Waals surface area contributed by atoms with Crippen molar-refractivity contribution in [3.05, 3.63) is 28.8 Å². The minimum Gasteiger partial charge on any atom is -0.481 e. The lowest BCUT2D eigenvalue weighted by molar-refractivity contribution is -0.127. The molecular formula is C15H24Cl2N2O2. The number of amides is 1. The fraction of sp³-hybridized carbons (Fsp3) is 0.533. The molecule has 0 fully saturated rings. The standard InChI is InChI=1S/C15H23ClN2O2.ClH/c1-5-17-11(3)9-18-15(19)12(4)20-13-6-7-14(16)10(2)8-13;/h6-8,11-12,17H,5,9H2,1-4H3,(H,18,19);1H/t11-,12?;/m1./s1. The highest BCUT2D eigenvalue weighted by molar-refractivity contribution is 6.31. The van der Waals surface area contributed by atoms with E-state index in [-0.39, 0.29) is 24.4 Å². The third-order valence-corrected chi connectivity index (χ3v) is 3.37. The van der Waals surface area contributed by atoms with Crippen LogP contribution in [0.3, 0.4) is 0 Å². The van der Waals surface area contributed by atoms with Crippen LogP contribution in [0.1, 0.15) is 26.3 Å². The van der Waals surface area contributed by atoms with Crippen LogP contribution in [0.5, 0.6) is 5.75 Å². The van der Waals surface area contributed by atoms with E-state index in [9.17, 15) is 4.79 Å². The van der Waals surface area contributed by atoms with Gasteiger partial charge in [0.15, 0.2) is 6.10 Å². The number of hydrogen-bond donors (Lipinski definition) is 2. The van der Waals surface area contributed by atoms with Gasteiger partial charge in [-0.05, 0) is 51.1 Å². The number of halogens is 2. The van der Waals surface area contributed by atoms with Crippen molar-refractivity contribution in [2.45, 2.75) is 39.8 Å². The highest BCUT2D eigenvalue weighted by Gasteiger charge is 2.15. The Balaban J connectivity index is 0.00000400. The Hall–Kier alpha value is -0.970. The van der Waals surface area contributed by atoms with Crippen LogP contribution < -0.4 is 15.4 Å². The van der Waals surface area contributed by atoms with Gasteiger partial charge in [-0.3, -0.25) is 4.79 Å². The highest BCUT2D eigenvalue weighted by atomic mass is 35.5. The van der Waals surface area contributed by atoms with Crippen LogP contribution in [0, 0.1) is 6.92 Å². The summed E-state index contributed by atoms with van der Waals surface area (Å²) in [7, 11) is 0. The number of nitrogens with one attached hydrogen (secondary N) is 2. The van der Waals surface area contributed by atoms with Crippen molar-refractivity contribution >= 4 is 29.9 Å². The van der Waals surface area contributed by atoms with Gasteiger partial charge in [0.05, 0.1) is 0 Å². The zero-order chi connectivity index (χ0) is 15.1. The molecule has 120 valence electrons. The Labute approximate surface area is 138 Å². The largest absolute Gasteiger partial charge is 0.481 e. The summed E-state index contributed by atoms with van der Waals surface area (Å²) in [6, 6.07) is 5.60. The van der Waals surface area contributed by atoms with Gasteiger partial charge in [0.25, 0.3) is 5.91 Å². The molecule has 2 atom stereocenters. The summed E-state index contributed by atoms with van der Waals surface area (Å²) in [6.45, 7) is 9.16. The molecule has 0 saturated carbocycles. The lowest BCUT2D eigenvalue weighted by Crippen LogP contribution is -2.43. The zero-order valence-electron chi connectivity index (χ0n) is 12.9. The summed E-state index contributed by atoms with van der Waals surface area (Å²) in [5, 5.41) is 6.78. The molecule has 0 heterocycles. The van der Waals surface area contributed by atoms with Crippen LogP contribution in [0.15, 0.2) is 18.2 Å². The molecule has 0 aliphatic rings. The van der Waals surface area contributed by atoms with Gasteiger partial charge in [0.1, 0.15) is 5.75 Å². The molecule has 0 saturated heterocycles. The minimum absolute atomic E-state index is 0. The average Bonchev–Trinajstić information content (AvgIpc) is 2.40. The maximum Gasteiger partial charge on any atom is 0.260 e. The van der Waals surface area contributed by atoms with Crippen LogP contribution in [0.4, 0.5) is 0 Å². The number of carbonyl (C=O) groups is 1. The third kappa shape index (κ3) is 7.02. The van der Waals surface area contributed by atoms with E-state index in [1.54, 1.807) is 19.1 Å². The number of hydrogen-bond acceptors (Lipinski definition) is 3. The first-order valence-corrected chi connectivity index (χ1v) is 7.25. The van der Waals surface area contributed by atoms with Gasteiger partial charge < -0.3 is 15.4 Å². The molecule has 0 aliphatic heterocycles. The maximum atomic E-state index is 11.9.